The zero-order valence-electron chi connectivity index (χ0n) is 8.04. The van der Waals surface area contributed by atoms with E-state index in [-0.39, 0.29) is 6.67 Å². The summed E-state index contributed by atoms with van der Waals surface area (Å²) in [4.78, 5) is 2.09. The van der Waals surface area contributed by atoms with Crippen molar-refractivity contribution in [2.45, 2.75) is 13.5 Å². The highest BCUT2D eigenvalue weighted by molar-refractivity contribution is 5.14. The van der Waals surface area contributed by atoms with Gasteiger partial charge in [0, 0.05) is 13.1 Å². The molecule has 1 aromatic carbocycles. The molecule has 0 bridgehead atoms. The third kappa shape index (κ3) is 3.55. The van der Waals surface area contributed by atoms with Crippen LogP contribution in [0.4, 0.5) is 4.39 Å². The predicted octanol–water partition coefficient (Wildman–Crippen LogP) is 2.48. The van der Waals surface area contributed by atoms with Gasteiger partial charge in [0.25, 0.3) is 0 Å². The molecule has 0 aliphatic rings. The highest BCUT2D eigenvalue weighted by Crippen LogP contribution is 2.03. The van der Waals surface area contributed by atoms with Crippen molar-refractivity contribution in [3.05, 3.63) is 35.9 Å². The maximum absolute atomic E-state index is 12.1. The first-order valence-electron chi connectivity index (χ1n) is 4.69. The summed E-state index contributed by atoms with van der Waals surface area (Å²) in [5.41, 5.74) is 1.25. The van der Waals surface area contributed by atoms with Gasteiger partial charge < -0.3 is 0 Å². The minimum Gasteiger partial charge on any atom is -0.297 e. The van der Waals surface area contributed by atoms with Gasteiger partial charge in [-0.15, -0.1) is 0 Å². The van der Waals surface area contributed by atoms with Crippen molar-refractivity contribution in [3.63, 3.8) is 0 Å². The van der Waals surface area contributed by atoms with Gasteiger partial charge >= 0.3 is 0 Å². The minimum atomic E-state index is -0.263. The monoisotopic (exact) mass is 181 g/mol. The van der Waals surface area contributed by atoms with Crippen LogP contribution in [0.25, 0.3) is 0 Å². The summed E-state index contributed by atoms with van der Waals surface area (Å²) in [5, 5.41) is 0. The second-order valence-corrected chi connectivity index (χ2v) is 3.04. The molecule has 1 aromatic rings. The number of rotatable bonds is 5. The zero-order chi connectivity index (χ0) is 9.52. The van der Waals surface area contributed by atoms with Gasteiger partial charge in [0.05, 0.1) is 0 Å². The van der Waals surface area contributed by atoms with E-state index in [0.717, 1.165) is 13.1 Å². The minimum absolute atomic E-state index is 0.263. The number of hydrogen-bond donors (Lipinski definition) is 0. The van der Waals surface area contributed by atoms with Crippen molar-refractivity contribution in [2.24, 2.45) is 0 Å². The van der Waals surface area contributed by atoms with Gasteiger partial charge in [0.2, 0.25) is 0 Å². The molecule has 0 amide bonds. The molecule has 72 valence electrons. The molecule has 0 unspecified atom stereocenters. The van der Waals surface area contributed by atoms with Gasteiger partial charge in [0.15, 0.2) is 0 Å². The average molecular weight is 181 g/mol. The van der Waals surface area contributed by atoms with E-state index in [9.17, 15) is 4.39 Å². The first-order valence-corrected chi connectivity index (χ1v) is 4.69. The van der Waals surface area contributed by atoms with Crippen LogP contribution in [-0.4, -0.2) is 24.7 Å². The zero-order valence-corrected chi connectivity index (χ0v) is 8.04. The van der Waals surface area contributed by atoms with E-state index in [1.54, 1.807) is 0 Å². The molecule has 13 heavy (non-hydrogen) atoms. The van der Waals surface area contributed by atoms with Crippen molar-refractivity contribution in [1.82, 2.24) is 4.90 Å². The Labute approximate surface area is 79.2 Å². The molecule has 2 heteroatoms. The third-order valence-electron chi connectivity index (χ3n) is 2.10. The van der Waals surface area contributed by atoms with Gasteiger partial charge in [0.1, 0.15) is 6.67 Å². The molecule has 0 aliphatic carbocycles. The Bertz CT molecular complexity index is 223. The summed E-state index contributed by atoms with van der Waals surface area (Å²) in [6.45, 7) is 4.07. The number of halogens is 1. The van der Waals surface area contributed by atoms with Crippen molar-refractivity contribution in [3.8, 4) is 0 Å². The van der Waals surface area contributed by atoms with Gasteiger partial charge in [-0.05, 0) is 12.1 Å². The van der Waals surface area contributed by atoms with Crippen LogP contribution < -0.4 is 0 Å². The second-order valence-electron chi connectivity index (χ2n) is 3.04. The van der Waals surface area contributed by atoms with Crippen LogP contribution in [0.5, 0.6) is 0 Å². The number of benzene rings is 1. The van der Waals surface area contributed by atoms with Crippen LogP contribution in [0.15, 0.2) is 30.3 Å². The van der Waals surface area contributed by atoms with Crippen LogP contribution in [0, 0.1) is 0 Å². The van der Waals surface area contributed by atoms with Crippen LogP contribution in [0.3, 0.4) is 0 Å². The van der Waals surface area contributed by atoms with Gasteiger partial charge in [-0.25, -0.2) is 4.39 Å². The number of nitrogens with zero attached hydrogens (tertiary/aromatic N) is 1. The Morgan fingerprint density at radius 2 is 1.92 bits per heavy atom. The molecule has 0 atom stereocenters. The van der Waals surface area contributed by atoms with E-state index < -0.39 is 0 Å². The molecule has 0 aliphatic heterocycles. The highest BCUT2D eigenvalue weighted by atomic mass is 19.1. The van der Waals surface area contributed by atoms with Crippen molar-refractivity contribution < 1.29 is 4.39 Å². The molecule has 0 N–H and O–H groups in total. The molecule has 1 nitrogen and oxygen atoms in total. The Balaban J connectivity index is 2.46. The van der Waals surface area contributed by atoms with Crippen LogP contribution >= 0.6 is 0 Å². The lowest BCUT2D eigenvalue weighted by molar-refractivity contribution is 0.252. The fourth-order valence-electron chi connectivity index (χ4n) is 1.31. The predicted molar refractivity (Wildman–Crippen MR) is 53.4 cm³/mol. The van der Waals surface area contributed by atoms with Crippen LogP contribution in [0.1, 0.15) is 12.5 Å². The molecular weight excluding hydrogens is 165 g/mol. The summed E-state index contributed by atoms with van der Waals surface area (Å²) in [6.07, 6.45) is 0. The quantitative estimate of drug-likeness (QED) is 0.674. The first-order chi connectivity index (χ1) is 6.36. The van der Waals surface area contributed by atoms with E-state index in [4.69, 9.17) is 0 Å². The van der Waals surface area contributed by atoms with Crippen molar-refractivity contribution >= 4 is 0 Å². The topological polar surface area (TPSA) is 3.24 Å². The SMILES string of the molecule is CCN(CCF)Cc1ccccc1. The molecule has 1 rings (SSSR count). The molecule has 0 radical (unpaired) electrons. The Kier molecular flexibility index (Phi) is 4.47. The lowest BCUT2D eigenvalue weighted by Gasteiger charge is -2.18. The van der Waals surface area contributed by atoms with E-state index in [2.05, 4.69) is 24.0 Å². The van der Waals surface area contributed by atoms with E-state index in [1.165, 1.54) is 5.56 Å². The van der Waals surface area contributed by atoms with Crippen LogP contribution in [0.2, 0.25) is 0 Å². The van der Waals surface area contributed by atoms with Crippen molar-refractivity contribution in [2.75, 3.05) is 19.8 Å². The molecule has 0 saturated carbocycles. The molecule has 0 saturated heterocycles. The summed E-state index contributed by atoms with van der Waals surface area (Å²) in [6, 6.07) is 10.2. The van der Waals surface area contributed by atoms with Crippen molar-refractivity contribution in [1.29, 1.82) is 0 Å². The number of alkyl halides is 1. The fraction of sp³-hybridized carbons (Fsp3) is 0.455. The summed E-state index contributed by atoms with van der Waals surface area (Å²) >= 11 is 0. The summed E-state index contributed by atoms with van der Waals surface area (Å²) < 4.78 is 12.1. The van der Waals surface area contributed by atoms with Crippen LogP contribution in [-0.2, 0) is 6.54 Å². The number of hydrogen-bond acceptors (Lipinski definition) is 1. The standard InChI is InChI=1S/C11H16FN/c1-2-13(9-8-12)10-11-6-4-3-5-7-11/h3-7H,2,8-10H2,1H3. The fourth-order valence-corrected chi connectivity index (χ4v) is 1.31. The molecule has 0 spiro atoms. The Morgan fingerprint density at radius 1 is 1.23 bits per heavy atom. The smallest absolute Gasteiger partial charge is 0.102 e. The second kappa shape index (κ2) is 5.70. The first kappa shape index (κ1) is 10.2. The van der Waals surface area contributed by atoms with E-state index >= 15 is 0 Å². The normalized spacial score (nSPS) is 10.7. The van der Waals surface area contributed by atoms with Gasteiger partial charge in [-0.1, -0.05) is 37.3 Å². The summed E-state index contributed by atoms with van der Waals surface area (Å²) in [7, 11) is 0. The van der Waals surface area contributed by atoms with Gasteiger partial charge in [-0.3, -0.25) is 4.90 Å². The Hall–Kier alpha value is -0.890. The average Bonchev–Trinajstić information content (AvgIpc) is 2.19. The lowest BCUT2D eigenvalue weighted by atomic mass is 10.2. The largest absolute Gasteiger partial charge is 0.297 e. The molecule has 0 heterocycles. The lowest BCUT2D eigenvalue weighted by Crippen LogP contribution is -2.24. The highest BCUT2D eigenvalue weighted by Gasteiger charge is 2.01. The molecular formula is C11H16FN. The van der Waals surface area contributed by atoms with E-state index in [0.29, 0.717) is 6.54 Å². The molecule has 0 fully saturated rings. The summed E-state index contributed by atoms with van der Waals surface area (Å²) in [5.74, 6) is 0. The maximum atomic E-state index is 12.1. The van der Waals surface area contributed by atoms with E-state index in [1.807, 2.05) is 18.2 Å². The van der Waals surface area contributed by atoms with Gasteiger partial charge in [-0.2, -0.15) is 0 Å². The maximum Gasteiger partial charge on any atom is 0.102 e. The third-order valence-corrected chi connectivity index (χ3v) is 2.10. The molecule has 0 aromatic heterocycles. The Morgan fingerprint density at radius 3 is 2.46 bits per heavy atom.